The van der Waals surface area contributed by atoms with E-state index in [1.807, 2.05) is 42.5 Å². The van der Waals surface area contributed by atoms with Crippen LogP contribution in [0.2, 0.25) is 0 Å². The molecule has 6 heteroatoms. The molecule has 0 radical (unpaired) electrons. The Morgan fingerprint density at radius 3 is 2.75 bits per heavy atom. The number of aryl methyl sites for hydroxylation is 1. The molecule has 28 heavy (non-hydrogen) atoms. The maximum absolute atomic E-state index is 12.5. The van der Waals surface area contributed by atoms with Gasteiger partial charge in [-0.05, 0) is 36.8 Å². The van der Waals surface area contributed by atoms with Gasteiger partial charge in [-0.2, -0.15) is 0 Å². The van der Waals surface area contributed by atoms with E-state index in [0.29, 0.717) is 18.1 Å². The maximum atomic E-state index is 12.5. The minimum absolute atomic E-state index is 0.155. The SMILES string of the molecule is O=C(NCCCc1nc2ccccc2s1)c1occc1CSc1ccccc1. The maximum Gasteiger partial charge on any atom is 0.287 e. The van der Waals surface area contributed by atoms with Crippen molar-refractivity contribution in [1.82, 2.24) is 10.3 Å². The van der Waals surface area contributed by atoms with Gasteiger partial charge < -0.3 is 9.73 Å². The van der Waals surface area contributed by atoms with E-state index in [4.69, 9.17) is 4.42 Å². The number of amides is 1. The Hall–Kier alpha value is -2.57. The lowest BCUT2D eigenvalue weighted by Gasteiger charge is -2.05. The number of carbonyl (C=O) groups excluding carboxylic acids is 1. The van der Waals surface area contributed by atoms with E-state index in [1.54, 1.807) is 29.4 Å². The van der Waals surface area contributed by atoms with E-state index in [0.717, 1.165) is 28.9 Å². The monoisotopic (exact) mass is 408 g/mol. The molecule has 0 fully saturated rings. The van der Waals surface area contributed by atoms with Crippen molar-refractivity contribution < 1.29 is 9.21 Å². The highest BCUT2D eigenvalue weighted by Gasteiger charge is 2.15. The standard InChI is InChI=1S/C22H20N2O2S2/c25-22(21-16(12-14-26-21)15-27-17-7-2-1-3-8-17)23-13-6-11-20-24-18-9-4-5-10-19(18)28-20/h1-5,7-10,12,14H,6,11,13,15H2,(H,23,25). The van der Waals surface area contributed by atoms with Crippen molar-refractivity contribution >= 4 is 39.2 Å². The number of nitrogens with zero attached hydrogens (tertiary/aromatic N) is 1. The highest BCUT2D eigenvalue weighted by molar-refractivity contribution is 7.98. The van der Waals surface area contributed by atoms with E-state index in [9.17, 15) is 4.79 Å². The largest absolute Gasteiger partial charge is 0.459 e. The summed E-state index contributed by atoms with van der Waals surface area (Å²) in [6, 6.07) is 20.2. The minimum atomic E-state index is -0.155. The second-order valence-corrected chi connectivity index (χ2v) is 8.48. The molecule has 0 saturated carbocycles. The van der Waals surface area contributed by atoms with Crippen LogP contribution in [-0.4, -0.2) is 17.4 Å². The van der Waals surface area contributed by atoms with Gasteiger partial charge in [-0.1, -0.05) is 30.3 Å². The summed E-state index contributed by atoms with van der Waals surface area (Å²) in [7, 11) is 0. The number of aromatic nitrogens is 1. The van der Waals surface area contributed by atoms with E-state index >= 15 is 0 Å². The van der Waals surface area contributed by atoms with Gasteiger partial charge >= 0.3 is 0 Å². The van der Waals surface area contributed by atoms with Crippen molar-refractivity contribution in [2.24, 2.45) is 0 Å². The van der Waals surface area contributed by atoms with Crippen molar-refractivity contribution in [3.63, 3.8) is 0 Å². The lowest BCUT2D eigenvalue weighted by molar-refractivity contribution is 0.0924. The fourth-order valence-corrected chi connectivity index (χ4v) is 4.78. The normalized spacial score (nSPS) is 11.0. The van der Waals surface area contributed by atoms with Crippen molar-refractivity contribution in [3.8, 4) is 0 Å². The lowest BCUT2D eigenvalue weighted by atomic mass is 10.2. The highest BCUT2D eigenvalue weighted by Crippen LogP contribution is 2.25. The zero-order valence-corrected chi connectivity index (χ0v) is 16.9. The zero-order valence-electron chi connectivity index (χ0n) is 15.3. The Morgan fingerprint density at radius 1 is 1.07 bits per heavy atom. The van der Waals surface area contributed by atoms with Crippen LogP contribution in [0.25, 0.3) is 10.2 Å². The van der Waals surface area contributed by atoms with E-state index < -0.39 is 0 Å². The summed E-state index contributed by atoms with van der Waals surface area (Å²) in [6.45, 7) is 0.598. The second kappa shape index (κ2) is 9.08. The molecule has 2 aromatic heterocycles. The van der Waals surface area contributed by atoms with Crippen molar-refractivity contribution in [3.05, 3.63) is 83.3 Å². The van der Waals surface area contributed by atoms with Crippen molar-refractivity contribution in [2.75, 3.05) is 6.54 Å². The van der Waals surface area contributed by atoms with Gasteiger partial charge in [0.2, 0.25) is 0 Å². The number of hydrogen-bond donors (Lipinski definition) is 1. The van der Waals surface area contributed by atoms with Gasteiger partial charge in [-0.3, -0.25) is 4.79 Å². The van der Waals surface area contributed by atoms with Crippen LogP contribution >= 0.6 is 23.1 Å². The van der Waals surface area contributed by atoms with E-state index in [1.165, 1.54) is 9.60 Å². The highest BCUT2D eigenvalue weighted by atomic mass is 32.2. The number of thioether (sulfide) groups is 1. The van der Waals surface area contributed by atoms with Gasteiger partial charge in [0.1, 0.15) is 0 Å². The van der Waals surface area contributed by atoms with Gasteiger partial charge in [0.05, 0.1) is 21.5 Å². The zero-order chi connectivity index (χ0) is 19.2. The fraction of sp³-hybridized carbons (Fsp3) is 0.182. The molecule has 0 atom stereocenters. The van der Waals surface area contributed by atoms with Gasteiger partial charge in [0.15, 0.2) is 5.76 Å². The number of rotatable bonds is 8. The Balaban J connectivity index is 1.26. The molecular weight excluding hydrogens is 388 g/mol. The number of nitrogens with one attached hydrogen (secondary N) is 1. The molecule has 0 unspecified atom stereocenters. The van der Waals surface area contributed by atoms with E-state index in [2.05, 4.69) is 28.5 Å². The predicted octanol–water partition coefficient (Wildman–Crippen LogP) is 5.54. The minimum Gasteiger partial charge on any atom is -0.459 e. The molecule has 0 bridgehead atoms. The second-order valence-electron chi connectivity index (χ2n) is 6.31. The first-order valence-electron chi connectivity index (χ1n) is 9.16. The predicted molar refractivity (Wildman–Crippen MR) is 115 cm³/mol. The molecule has 1 amide bonds. The number of para-hydroxylation sites is 1. The van der Waals surface area contributed by atoms with Gasteiger partial charge in [-0.15, -0.1) is 23.1 Å². The quantitative estimate of drug-likeness (QED) is 0.307. The Kier molecular flexibility index (Phi) is 6.09. The molecule has 1 N–H and O–H groups in total. The molecule has 2 aromatic carbocycles. The topological polar surface area (TPSA) is 55.1 Å². The third kappa shape index (κ3) is 4.64. The molecule has 4 rings (SSSR count). The number of carbonyl (C=O) groups is 1. The molecular formula is C22H20N2O2S2. The summed E-state index contributed by atoms with van der Waals surface area (Å²) in [5, 5.41) is 4.07. The summed E-state index contributed by atoms with van der Waals surface area (Å²) in [5.41, 5.74) is 1.96. The Bertz CT molecular complexity index is 1020. The molecule has 0 saturated heterocycles. The summed E-state index contributed by atoms with van der Waals surface area (Å²) < 4.78 is 6.64. The van der Waals surface area contributed by atoms with Crippen LogP contribution < -0.4 is 5.32 Å². The number of hydrogen-bond acceptors (Lipinski definition) is 5. The summed E-state index contributed by atoms with van der Waals surface area (Å²) in [5.74, 6) is 0.955. The molecule has 4 nitrogen and oxygen atoms in total. The summed E-state index contributed by atoms with van der Waals surface area (Å²) in [6.07, 6.45) is 3.28. The van der Waals surface area contributed by atoms with Crippen molar-refractivity contribution in [2.45, 2.75) is 23.5 Å². The van der Waals surface area contributed by atoms with Crippen LogP contribution in [0.4, 0.5) is 0 Å². The third-order valence-electron chi connectivity index (χ3n) is 4.28. The molecule has 0 aliphatic heterocycles. The molecule has 142 valence electrons. The number of thiazole rings is 1. The number of furan rings is 1. The van der Waals surface area contributed by atoms with E-state index in [-0.39, 0.29) is 5.91 Å². The summed E-state index contributed by atoms with van der Waals surface area (Å²) >= 11 is 3.41. The lowest BCUT2D eigenvalue weighted by Crippen LogP contribution is -2.25. The fourth-order valence-electron chi connectivity index (χ4n) is 2.88. The number of fused-ring (bicyclic) bond motifs is 1. The first kappa shape index (κ1) is 18.8. The third-order valence-corrected chi connectivity index (χ3v) is 6.44. The molecule has 0 spiro atoms. The summed E-state index contributed by atoms with van der Waals surface area (Å²) in [4.78, 5) is 18.3. The first-order chi connectivity index (χ1) is 13.8. The van der Waals surface area contributed by atoms with Crippen LogP contribution in [0.15, 0.2) is 76.2 Å². The van der Waals surface area contributed by atoms with Crippen LogP contribution in [-0.2, 0) is 12.2 Å². The van der Waals surface area contributed by atoms with Crippen LogP contribution in [0, 0.1) is 0 Å². The van der Waals surface area contributed by atoms with Gasteiger partial charge in [-0.25, -0.2) is 4.98 Å². The van der Waals surface area contributed by atoms with Gasteiger partial charge in [0.25, 0.3) is 5.91 Å². The molecule has 0 aliphatic carbocycles. The van der Waals surface area contributed by atoms with Crippen molar-refractivity contribution in [1.29, 1.82) is 0 Å². The Labute approximate surface area is 172 Å². The Morgan fingerprint density at radius 2 is 1.89 bits per heavy atom. The first-order valence-corrected chi connectivity index (χ1v) is 11.0. The van der Waals surface area contributed by atoms with Gasteiger partial charge in [0, 0.05) is 29.2 Å². The van der Waals surface area contributed by atoms with Crippen LogP contribution in [0.3, 0.4) is 0 Å². The molecule has 4 aromatic rings. The smallest absolute Gasteiger partial charge is 0.287 e. The number of benzene rings is 2. The molecule has 0 aliphatic rings. The molecule has 2 heterocycles. The average molecular weight is 409 g/mol. The van der Waals surface area contributed by atoms with Crippen LogP contribution in [0.5, 0.6) is 0 Å². The van der Waals surface area contributed by atoms with Crippen LogP contribution in [0.1, 0.15) is 27.5 Å². The average Bonchev–Trinajstić information content (AvgIpc) is 3.36.